The van der Waals surface area contributed by atoms with Gasteiger partial charge in [0.2, 0.25) is 0 Å². The van der Waals surface area contributed by atoms with E-state index in [1.165, 1.54) is 6.20 Å². The summed E-state index contributed by atoms with van der Waals surface area (Å²) in [4.78, 5) is 30.1. The average Bonchev–Trinajstić information content (AvgIpc) is 2.53. The van der Waals surface area contributed by atoms with Crippen LogP contribution in [0.3, 0.4) is 0 Å². The average molecular weight is 375 g/mol. The van der Waals surface area contributed by atoms with E-state index in [1.807, 2.05) is 6.92 Å². The smallest absolute Gasteiger partial charge is 0.336 e. The second-order valence-electron chi connectivity index (χ2n) is 7.55. The highest BCUT2D eigenvalue weighted by Gasteiger charge is 2.43. The third-order valence-corrected chi connectivity index (χ3v) is 5.00. The fourth-order valence-corrected chi connectivity index (χ4v) is 3.88. The number of hydrogen-bond donors (Lipinski definition) is 1. The predicted molar refractivity (Wildman–Crippen MR) is 99.5 cm³/mol. The summed E-state index contributed by atoms with van der Waals surface area (Å²) in [7, 11) is 0. The van der Waals surface area contributed by atoms with Gasteiger partial charge in [-0.1, -0.05) is 25.4 Å². The van der Waals surface area contributed by atoms with Crippen molar-refractivity contribution in [3.05, 3.63) is 51.6 Å². The Morgan fingerprint density at radius 3 is 2.73 bits per heavy atom. The molecule has 1 aromatic rings. The number of aromatic nitrogens is 1. The first kappa shape index (κ1) is 18.6. The van der Waals surface area contributed by atoms with Crippen LogP contribution < -0.4 is 5.32 Å². The molecule has 0 amide bonds. The molecular weight excluding hydrogens is 352 g/mol. The van der Waals surface area contributed by atoms with Crippen LogP contribution in [-0.2, 0) is 14.3 Å². The third kappa shape index (κ3) is 3.40. The van der Waals surface area contributed by atoms with Gasteiger partial charge in [0, 0.05) is 29.6 Å². The Bertz CT molecular complexity index is 822. The van der Waals surface area contributed by atoms with Crippen LogP contribution in [0.15, 0.2) is 40.9 Å². The highest BCUT2D eigenvalue weighted by Crippen LogP contribution is 2.46. The van der Waals surface area contributed by atoms with Gasteiger partial charge in [0.15, 0.2) is 5.78 Å². The number of nitrogens with zero attached hydrogens (tertiary/aromatic N) is 1. The maximum absolute atomic E-state index is 13.0. The molecule has 5 nitrogen and oxygen atoms in total. The van der Waals surface area contributed by atoms with Gasteiger partial charge < -0.3 is 10.1 Å². The lowest BCUT2D eigenvalue weighted by molar-refractivity contribution is -0.138. The van der Waals surface area contributed by atoms with Crippen molar-refractivity contribution < 1.29 is 14.3 Å². The Hall–Kier alpha value is -2.14. The first-order chi connectivity index (χ1) is 12.2. The van der Waals surface area contributed by atoms with E-state index in [0.717, 1.165) is 12.1 Å². The van der Waals surface area contributed by atoms with Gasteiger partial charge in [0.25, 0.3) is 0 Å². The normalized spacial score (nSPS) is 22.0. The maximum Gasteiger partial charge on any atom is 0.336 e. The molecule has 0 fully saturated rings. The quantitative estimate of drug-likeness (QED) is 0.812. The van der Waals surface area contributed by atoms with Gasteiger partial charge in [-0.25, -0.2) is 4.79 Å². The van der Waals surface area contributed by atoms with E-state index < -0.39 is 11.9 Å². The standard InChI is InChI=1S/C20H23ClN2O3/c1-5-26-19(25)16-11(2)23-14-8-20(3,4)9-15(24)17(14)18(16)13-7-6-12(21)10-22-13/h6-7,10,18,23H,5,8-9H2,1-4H3. The molecular formula is C20H23ClN2O3. The number of ether oxygens (including phenoxy) is 1. The first-order valence-electron chi connectivity index (χ1n) is 8.76. The number of ketones is 1. The highest BCUT2D eigenvalue weighted by molar-refractivity contribution is 6.30. The summed E-state index contributed by atoms with van der Waals surface area (Å²) in [5.41, 5.74) is 3.14. The molecule has 2 heterocycles. The van der Waals surface area contributed by atoms with Crippen molar-refractivity contribution in [3.63, 3.8) is 0 Å². The van der Waals surface area contributed by atoms with Crippen LogP contribution in [0.1, 0.15) is 52.1 Å². The molecule has 6 heteroatoms. The van der Waals surface area contributed by atoms with Crippen molar-refractivity contribution in [2.75, 3.05) is 6.61 Å². The Morgan fingerprint density at radius 1 is 1.38 bits per heavy atom. The molecule has 138 valence electrons. The second kappa shape index (κ2) is 6.88. The van der Waals surface area contributed by atoms with Crippen LogP contribution in [0, 0.1) is 5.41 Å². The van der Waals surface area contributed by atoms with Crippen LogP contribution >= 0.6 is 11.6 Å². The summed E-state index contributed by atoms with van der Waals surface area (Å²) in [6.45, 7) is 8.02. The van der Waals surface area contributed by atoms with Crippen molar-refractivity contribution >= 4 is 23.4 Å². The topological polar surface area (TPSA) is 68.3 Å². The van der Waals surface area contributed by atoms with Gasteiger partial charge in [-0.15, -0.1) is 0 Å². The van der Waals surface area contributed by atoms with Crippen molar-refractivity contribution in [3.8, 4) is 0 Å². The minimum absolute atomic E-state index is 0.0415. The zero-order valence-electron chi connectivity index (χ0n) is 15.5. The lowest BCUT2D eigenvalue weighted by Crippen LogP contribution is -2.38. The molecule has 0 bridgehead atoms. The van der Waals surface area contributed by atoms with Crippen LogP contribution in [0.2, 0.25) is 5.02 Å². The van der Waals surface area contributed by atoms with E-state index in [2.05, 4.69) is 24.1 Å². The second-order valence-corrected chi connectivity index (χ2v) is 7.99. The van der Waals surface area contributed by atoms with Crippen molar-refractivity contribution in [2.24, 2.45) is 5.41 Å². The summed E-state index contributed by atoms with van der Waals surface area (Å²) in [6, 6.07) is 3.49. The number of Topliss-reactive ketones (excluding diaryl/α,β-unsaturated/α-hetero) is 1. The molecule has 1 aromatic heterocycles. The number of rotatable bonds is 3. The van der Waals surface area contributed by atoms with E-state index in [1.54, 1.807) is 19.1 Å². The molecule has 26 heavy (non-hydrogen) atoms. The Balaban J connectivity index is 2.17. The maximum atomic E-state index is 13.0. The molecule has 1 aliphatic carbocycles. The number of nitrogens with one attached hydrogen (secondary N) is 1. The molecule has 3 rings (SSSR count). The van der Waals surface area contributed by atoms with E-state index in [0.29, 0.717) is 34.0 Å². The van der Waals surface area contributed by atoms with Gasteiger partial charge in [-0.3, -0.25) is 9.78 Å². The third-order valence-electron chi connectivity index (χ3n) is 4.78. The molecule has 1 atom stereocenters. The molecule has 2 aliphatic rings. The fraction of sp³-hybridized carbons (Fsp3) is 0.450. The van der Waals surface area contributed by atoms with E-state index in [9.17, 15) is 9.59 Å². The van der Waals surface area contributed by atoms with Crippen molar-refractivity contribution in [1.29, 1.82) is 0 Å². The lowest BCUT2D eigenvalue weighted by Gasteiger charge is -2.39. The SMILES string of the molecule is CCOC(=O)C1=C(C)NC2=C(C(=O)CC(C)(C)C2)C1c1ccc(Cl)cn1. The minimum atomic E-state index is -0.536. The number of allylic oxidation sites excluding steroid dienone is 3. The Labute approximate surface area is 158 Å². The van der Waals surface area contributed by atoms with Crippen LogP contribution in [0.4, 0.5) is 0 Å². The minimum Gasteiger partial charge on any atom is -0.463 e. The van der Waals surface area contributed by atoms with Crippen molar-refractivity contribution in [2.45, 2.75) is 46.5 Å². The number of carbonyl (C=O) groups is 2. The molecule has 1 unspecified atom stereocenters. The van der Waals surface area contributed by atoms with E-state index in [4.69, 9.17) is 16.3 Å². The fourth-order valence-electron chi connectivity index (χ4n) is 3.77. The molecule has 0 saturated heterocycles. The largest absolute Gasteiger partial charge is 0.463 e. The summed E-state index contributed by atoms with van der Waals surface area (Å²) >= 11 is 5.97. The highest BCUT2D eigenvalue weighted by atomic mass is 35.5. The molecule has 0 spiro atoms. The number of pyridine rings is 1. The molecule has 1 N–H and O–H groups in total. The van der Waals surface area contributed by atoms with Gasteiger partial charge in [0.1, 0.15) is 0 Å². The zero-order chi connectivity index (χ0) is 19.1. The first-order valence-corrected chi connectivity index (χ1v) is 9.14. The van der Waals surface area contributed by atoms with Gasteiger partial charge >= 0.3 is 5.97 Å². The van der Waals surface area contributed by atoms with Gasteiger partial charge in [-0.2, -0.15) is 0 Å². The Morgan fingerprint density at radius 2 is 2.12 bits per heavy atom. The number of hydrogen-bond acceptors (Lipinski definition) is 5. The van der Waals surface area contributed by atoms with Crippen LogP contribution in [0.5, 0.6) is 0 Å². The van der Waals surface area contributed by atoms with E-state index in [-0.39, 0.29) is 17.8 Å². The zero-order valence-corrected chi connectivity index (χ0v) is 16.2. The Kier molecular flexibility index (Phi) is 4.93. The number of esters is 1. The van der Waals surface area contributed by atoms with Gasteiger partial charge in [-0.05, 0) is 37.8 Å². The number of dihydropyridines is 1. The monoisotopic (exact) mass is 374 g/mol. The predicted octanol–water partition coefficient (Wildman–Crippen LogP) is 3.90. The van der Waals surface area contributed by atoms with Crippen molar-refractivity contribution in [1.82, 2.24) is 10.3 Å². The lowest BCUT2D eigenvalue weighted by atomic mass is 9.69. The molecule has 0 saturated carbocycles. The number of halogens is 1. The molecule has 0 radical (unpaired) electrons. The van der Waals surface area contributed by atoms with Gasteiger partial charge in [0.05, 0.1) is 28.8 Å². The van der Waals surface area contributed by atoms with Crippen LogP contribution in [-0.4, -0.2) is 23.3 Å². The summed E-state index contributed by atoms with van der Waals surface area (Å²) in [6.07, 6.45) is 2.72. The molecule has 1 aliphatic heterocycles. The summed E-state index contributed by atoms with van der Waals surface area (Å²) < 4.78 is 5.26. The van der Waals surface area contributed by atoms with E-state index >= 15 is 0 Å². The van der Waals surface area contributed by atoms with Crippen LogP contribution in [0.25, 0.3) is 0 Å². The number of carbonyl (C=O) groups excluding carboxylic acids is 2. The summed E-state index contributed by atoms with van der Waals surface area (Å²) in [5.74, 6) is -0.922. The molecule has 0 aromatic carbocycles. The summed E-state index contributed by atoms with van der Waals surface area (Å²) in [5, 5.41) is 3.79.